The lowest BCUT2D eigenvalue weighted by atomic mass is 10.2. The van der Waals surface area contributed by atoms with Crippen LogP contribution in [0.1, 0.15) is 17.4 Å². The van der Waals surface area contributed by atoms with Gasteiger partial charge in [-0.25, -0.2) is 9.78 Å². The van der Waals surface area contributed by atoms with Gasteiger partial charge in [0.2, 0.25) is 0 Å². The minimum absolute atomic E-state index is 0.0351. The van der Waals surface area contributed by atoms with Crippen molar-refractivity contribution in [2.24, 2.45) is 5.92 Å². The number of imidazole rings is 1. The normalized spacial score (nSPS) is 12.1. The van der Waals surface area contributed by atoms with Crippen LogP contribution in [0.5, 0.6) is 0 Å². The van der Waals surface area contributed by atoms with E-state index < -0.39 is 5.97 Å². The molecule has 0 bridgehead atoms. The van der Waals surface area contributed by atoms with E-state index in [0.717, 1.165) is 0 Å². The Morgan fingerprint density at radius 3 is 2.80 bits per heavy atom. The van der Waals surface area contributed by atoms with Crippen molar-refractivity contribution in [1.29, 1.82) is 0 Å². The van der Waals surface area contributed by atoms with Crippen molar-refractivity contribution in [1.82, 2.24) is 9.55 Å². The van der Waals surface area contributed by atoms with Crippen LogP contribution < -0.4 is 0 Å². The SMILES string of the molecule is COC(=O)[C@@H](C)Cn1cnc(C(=O)O)c1. The first-order valence-electron chi connectivity index (χ1n) is 4.37. The maximum absolute atomic E-state index is 11.1. The minimum Gasteiger partial charge on any atom is -0.476 e. The summed E-state index contributed by atoms with van der Waals surface area (Å²) in [6, 6.07) is 0. The van der Waals surface area contributed by atoms with E-state index in [0.29, 0.717) is 6.54 Å². The summed E-state index contributed by atoms with van der Waals surface area (Å²) in [5, 5.41) is 8.62. The van der Waals surface area contributed by atoms with Crippen LogP contribution in [0.2, 0.25) is 0 Å². The van der Waals surface area contributed by atoms with Crippen LogP contribution in [0.15, 0.2) is 12.5 Å². The molecule has 1 aromatic rings. The molecule has 0 spiro atoms. The van der Waals surface area contributed by atoms with Crippen molar-refractivity contribution in [3.63, 3.8) is 0 Å². The largest absolute Gasteiger partial charge is 0.476 e. The Kier molecular flexibility index (Phi) is 3.43. The van der Waals surface area contributed by atoms with Crippen LogP contribution in [0.25, 0.3) is 0 Å². The lowest BCUT2D eigenvalue weighted by Crippen LogP contribution is -2.18. The van der Waals surface area contributed by atoms with Gasteiger partial charge in [0, 0.05) is 12.7 Å². The molecule has 0 aliphatic rings. The van der Waals surface area contributed by atoms with E-state index in [4.69, 9.17) is 5.11 Å². The van der Waals surface area contributed by atoms with Crippen molar-refractivity contribution in [3.8, 4) is 0 Å². The van der Waals surface area contributed by atoms with Crippen LogP contribution >= 0.6 is 0 Å². The van der Waals surface area contributed by atoms with E-state index in [9.17, 15) is 9.59 Å². The highest BCUT2D eigenvalue weighted by Crippen LogP contribution is 2.04. The van der Waals surface area contributed by atoms with Crippen LogP contribution in [0, 0.1) is 5.92 Å². The van der Waals surface area contributed by atoms with Gasteiger partial charge in [0.15, 0.2) is 5.69 Å². The monoisotopic (exact) mass is 212 g/mol. The number of hydrogen-bond acceptors (Lipinski definition) is 4. The van der Waals surface area contributed by atoms with Crippen molar-refractivity contribution < 1.29 is 19.4 Å². The van der Waals surface area contributed by atoms with Crippen LogP contribution in [-0.2, 0) is 16.1 Å². The zero-order chi connectivity index (χ0) is 11.4. The number of ether oxygens (including phenoxy) is 1. The number of methoxy groups -OCH3 is 1. The number of carboxylic acids is 1. The third-order valence-electron chi connectivity index (χ3n) is 1.94. The second-order valence-electron chi connectivity index (χ2n) is 3.19. The molecule has 0 amide bonds. The third kappa shape index (κ3) is 2.80. The third-order valence-corrected chi connectivity index (χ3v) is 1.94. The quantitative estimate of drug-likeness (QED) is 0.730. The number of carbonyl (C=O) groups is 2. The van der Waals surface area contributed by atoms with Crippen molar-refractivity contribution >= 4 is 11.9 Å². The van der Waals surface area contributed by atoms with Gasteiger partial charge in [-0.3, -0.25) is 4.79 Å². The maximum Gasteiger partial charge on any atom is 0.356 e. The van der Waals surface area contributed by atoms with Gasteiger partial charge in [0.25, 0.3) is 0 Å². The van der Waals surface area contributed by atoms with Crippen LogP contribution in [0.3, 0.4) is 0 Å². The van der Waals surface area contributed by atoms with Gasteiger partial charge in [0.05, 0.1) is 19.4 Å². The summed E-state index contributed by atoms with van der Waals surface area (Å²) < 4.78 is 6.10. The van der Waals surface area contributed by atoms with Crippen LogP contribution in [0.4, 0.5) is 0 Å². The van der Waals surface area contributed by atoms with E-state index in [-0.39, 0.29) is 17.6 Å². The summed E-state index contributed by atoms with van der Waals surface area (Å²) in [7, 11) is 1.31. The summed E-state index contributed by atoms with van der Waals surface area (Å²) >= 11 is 0. The van der Waals surface area contributed by atoms with E-state index in [2.05, 4.69) is 9.72 Å². The minimum atomic E-state index is -1.08. The molecule has 0 unspecified atom stereocenters. The Hall–Kier alpha value is -1.85. The summed E-state index contributed by atoms with van der Waals surface area (Å²) in [5.74, 6) is -1.74. The first kappa shape index (κ1) is 11.2. The van der Waals surface area contributed by atoms with Crippen molar-refractivity contribution in [2.45, 2.75) is 13.5 Å². The summed E-state index contributed by atoms with van der Waals surface area (Å²) in [6.45, 7) is 2.05. The maximum atomic E-state index is 11.1. The lowest BCUT2D eigenvalue weighted by Gasteiger charge is -2.08. The molecule has 0 fully saturated rings. The van der Waals surface area contributed by atoms with Gasteiger partial charge in [-0.05, 0) is 0 Å². The molecule has 0 aromatic carbocycles. The highest BCUT2D eigenvalue weighted by atomic mass is 16.5. The van der Waals surface area contributed by atoms with E-state index in [1.807, 2.05) is 0 Å². The number of aromatic carboxylic acids is 1. The van der Waals surface area contributed by atoms with E-state index >= 15 is 0 Å². The van der Waals surface area contributed by atoms with Gasteiger partial charge in [0.1, 0.15) is 0 Å². The predicted octanol–water partition coefficient (Wildman–Crippen LogP) is 0.390. The molecular formula is C9H12N2O4. The fourth-order valence-electron chi connectivity index (χ4n) is 1.16. The smallest absolute Gasteiger partial charge is 0.356 e. The number of rotatable bonds is 4. The second kappa shape index (κ2) is 4.59. The van der Waals surface area contributed by atoms with Gasteiger partial charge >= 0.3 is 11.9 Å². The molecule has 82 valence electrons. The van der Waals surface area contributed by atoms with Gasteiger partial charge < -0.3 is 14.4 Å². The van der Waals surface area contributed by atoms with E-state index in [1.54, 1.807) is 11.5 Å². The molecule has 6 heteroatoms. The zero-order valence-electron chi connectivity index (χ0n) is 8.51. The summed E-state index contributed by atoms with van der Waals surface area (Å²) in [5.41, 5.74) is -0.0351. The number of carbonyl (C=O) groups excluding carboxylic acids is 1. The Labute approximate surface area is 86.5 Å². The highest BCUT2D eigenvalue weighted by molar-refractivity contribution is 5.84. The average Bonchev–Trinajstić information content (AvgIpc) is 2.65. The standard InChI is InChI=1S/C9H12N2O4/c1-6(9(14)15-2)3-11-4-7(8(12)13)10-5-11/h4-6H,3H2,1-2H3,(H,12,13)/t6-/m0/s1. The molecule has 0 aliphatic carbocycles. The number of nitrogens with zero attached hydrogens (tertiary/aromatic N) is 2. The molecular weight excluding hydrogens is 200 g/mol. The first-order valence-corrected chi connectivity index (χ1v) is 4.37. The number of hydrogen-bond donors (Lipinski definition) is 1. The van der Waals surface area contributed by atoms with Gasteiger partial charge in [-0.15, -0.1) is 0 Å². The van der Waals surface area contributed by atoms with Gasteiger partial charge in [-0.2, -0.15) is 0 Å². The summed E-state index contributed by atoms with van der Waals surface area (Å²) in [4.78, 5) is 25.3. The fraction of sp³-hybridized carbons (Fsp3) is 0.444. The fourth-order valence-corrected chi connectivity index (χ4v) is 1.16. The zero-order valence-corrected chi connectivity index (χ0v) is 8.51. The number of esters is 1. The Morgan fingerprint density at radius 2 is 2.33 bits per heavy atom. The molecule has 1 atom stereocenters. The molecule has 0 radical (unpaired) electrons. The summed E-state index contributed by atoms with van der Waals surface area (Å²) in [6.07, 6.45) is 2.75. The Balaban J connectivity index is 2.65. The molecule has 1 rings (SSSR count). The van der Waals surface area contributed by atoms with Gasteiger partial charge in [-0.1, -0.05) is 6.92 Å². The van der Waals surface area contributed by atoms with E-state index in [1.165, 1.54) is 19.6 Å². The van der Waals surface area contributed by atoms with Crippen molar-refractivity contribution in [3.05, 3.63) is 18.2 Å². The molecule has 6 nitrogen and oxygen atoms in total. The molecule has 1 N–H and O–H groups in total. The predicted molar refractivity (Wildman–Crippen MR) is 50.4 cm³/mol. The van der Waals surface area contributed by atoms with Crippen molar-refractivity contribution in [2.75, 3.05) is 7.11 Å². The first-order chi connectivity index (χ1) is 7.04. The molecule has 1 heterocycles. The topological polar surface area (TPSA) is 81.4 Å². The Bertz CT molecular complexity index is 372. The highest BCUT2D eigenvalue weighted by Gasteiger charge is 2.14. The second-order valence-corrected chi connectivity index (χ2v) is 3.19. The molecule has 0 saturated heterocycles. The number of aromatic nitrogens is 2. The molecule has 15 heavy (non-hydrogen) atoms. The lowest BCUT2D eigenvalue weighted by molar-refractivity contribution is -0.145. The average molecular weight is 212 g/mol. The molecule has 1 aromatic heterocycles. The Morgan fingerprint density at radius 1 is 1.67 bits per heavy atom. The number of carboxylic acid groups (broad SMARTS) is 1. The molecule has 0 aliphatic heterocycles. The molecule has 0 saturated carbocycles. The van der Waals surface area contributed by atoms with Crippen LogP contribution in [-0.4, -0.2) is 33.7 Å².